The minimum atomic E-state index is 0.771. The lowest BCUT2D eigenvalue weighted by Crippen LogP contribution is -2.54. The Morgan fingerprint density at radius 3 is 1.92 bits per heavy atom. The molecule has 0 saturated heterocycles. The van der Waals surface area contributed by atoms with Crippen LogP contribution in [0.5, 0.6) is 0 Å². The Morgan fingerprint density at radius 2 is 1.50 bits per heavy atom. The largest absolute Gasteiger partial charge is 0.324 e. The number of hydrogen-bond acceptors (Lipinski definition) is 0. The van der Waals surface area contributed by atoms with Crippen LogP contribution < -0.4 is 0 Å². The monoisotopic (exact) mass is 170 g/mol. The number of hydrogen-bond donors (Lipinski definition) is 0. The highest BCUT2D eigenvalue weighted by Crippen LogP contribution is 2.27. The van der Waals surface area contributed by atoms with E-state index >= 15 is 0 Å². The van der Waals surface area contributed by atoms with Crippen LogP contribution in [0.4, 0.5) is 0 Å². The van der Waals surface area contributed by atoms with Crippen molar-refractivity contribution in [2.45, 2.75) is 58.0 Å². The summed E-state index contributed by atoms with van der Waals surface area (Å²) >= 11 is 0. The van der Waals surface area contributed by atoms with Crippen LogP contribution in [0.15, 0.2) is 0 Å². The van der Waals surface area contributed by atoms with Crippen molar-refractivity contribution >= 4 is 0 Å². The molecule has 1 aliphatic rings. The summed E-state index contributed by atoms with van der Waals surface area (Å²) in [6.07, 6.45) is 7.28. The Kier molecular flexibility index (Phi) is 3.16. The van der Waals surface area contributed by atoms with E-state index in [2.05, 4.69) is 27.9 Å². The molecule has 1 fully saturated rings. The molecule has 0 aromatic heterocycles. The van der Waals surface area contributed by atoms with Gasteiger partial charge in [-0.2, -0.15) is 0 Å². The van der Waals surface area contributed by atoms with Gasteiger partial charge in [-0.15, -0.1) is 0 Å². The van der Waals surface area contributed by atoms with Gasteiger partial charge in [-0.1, -0.05) is 6.42 Å². The molecular formula is C11H24N+. The second-order valence-corrected chi connectivity index (χ2v) is 5.01. The molecule has 1 heteroatoms. The van der Waals surface area contributed by atoms with Crippen molar-refractivity contribution in [1.29, 1.82) is 0 Å². The molecule has 0 atom stereocenters. The third-order valence-corrected chi connectivity index (χ3v) is 3.85. The van der Waals surface area contributed by atoms with E-state index in [0.29, 0.717) is 0 Å². The fourth-order valence-electron chi connectivity index (χ4n) is 2.17. The maximum atomic E-state index is 2.39. The van der Waals surface area contributed by atoms with Crippen molar-refractivity contribution < 1.29 is 4.48 Å². The Hall–Kier alpha value is -0.0400. The van der Waals surface area contributed by atoms with Crippen molar-refractivity contribution in [3.05, 3.63) is 0 Å². The van der Waals surface area contributed by atoms with E-state index in [1.54, 1.807) is 0 Å². The molecule has 0 aromatic carbocycles. The second kappa shape index (κ2) is 3.78. The highest BCUT2D eigenvalue weighted by atomic mass is 15.4. The average molecular weight is 170 g/mol. The van der Waals surface area contributed by atoms with Gasteiger partial charge in [0, 0.05) is 0 Å². The van der Waals surface area contributed by atoms with Gasteiger partial charge >= 0.3 is 0 Å². The Labute approximate surface area is 77.4 Å². The molecular weight excluding hydrogens is 146 g/mol. The summed E-state index contributed by atoms with van der Waals surface area (Å²) in [7, 11) is 4.78. The summed E-state index contributed by atoms with van der Waals surface area (Å²) in [5.41, 5.74) is 0. The molecule has 0 unspecified atom stereocenters. The van der Waals surface area contributed by atoms with Crippen LogP contribution in [0.3, 0.4) is 0 Å². The quantitative estimate of drug-likeness (QED) is 0.559. The first-order valence-corrected chi connectivity index (χ1v) is 5.38. The van der Waals surface area contributed by atoms with E-state index in [0.717, 1.165) is 12.1 Å². The minimum Gasteiger partial charge on any atom is -0.324 e. The van der Waals surface area contributed by atoms with Crippen LogP contribution in [0.2, 0.25) is 0 Å². The predicted octanol–water partition coefficient (Wildman–Crippen LogP) is 2.80. The molecule has 0 heterocycles. The molecule has 0 aliphatic heterocycles. The summed E-state index contributed by atoms with van der Waals surface area (Å²) < 4.78 is 1.22. The summed E-state index contributed by atoms with van der Waals surface area (Å²) in [6, 6.07) is 1.70. The fraction of sp³-hybridized carbons (Fsp3) is 1.00. The SMILES string of the molecule is CC(C)[N+](C)(C)C1CCCCC1. The molecule has 1 aliphatic carbocycles. The van der Waals surface area contributed by atoms with Crippen LogP contribution in [-0.4, -0.2) is 30.7 Å². The molecule has 12 heavy (non-hydrogen) atoms. The summed E-state index contributed by atoms with van der Waals surface area (Å²) in [5.74, 6) is 0. The van der Waals surface area contributed by atoms with E-state index in [1.165, 1.54) is 36.6 Å². The third-order valence-electron chi connectivity index (χ3n) is 3.85. The lowest BCUT2D eigenvalue weighted by molar-refractivity contribution is -0.936. The van der Waals surface area contributed by atoms with Gasteiger partial charge in [-0.05, 0) is 39.5 Å². The maximum Gasteiger partial charge on any atom is 0.0888 e. The Bertz CT molecular complexity index is 132. The predicted molar refractivity (Wildman–Crippen MR) is 54.1 cm³/mol. The van der Waals surface area contributed by atoms with Crippen molar-refractivity contribution in [1.82, 2.24) is 0 Å². The van der Waals surface area contributed by atoms with Gasteiger partial charge in [0.15, 0.2) is 0 Å². The molecule has 1 nitrogen and oxygen atoms in total. The lowest BCUT2D eigenvalue weighted by atomic mass is 9.92. The smallest absolute Gasteiger partial charge is 0.0888 e. The summed E-state index contributed by atoms with van der Waals surface area (Å²) in [5, 5.41) is 0. The first kappa shape index (κ1) is 10.0. The molecule has 72 valence electrons. The fourth-order valence-corrected chi connectivity index (χ4v) is 2.17. The maximum absolute atomic E-state index is 2.39. The zero-order valence-electron chi connectivity index (χ0n) is 9.14. The normalized spacial score (nSPS) is 21.8. The highest BCUT2D eigenvalue weighted by molar-refractivity contribution is 4.66. The van der Waals surface area contributed by atoms with Crippen molar-refractivity contribution in [3.63, 3.8) is 0 Å². The molecule has 0 radical (unpaired) electrons. The average Bonchev–Trinajstić information content (AvgIpc) is 2.06. The van der Waals surface area contributed by atoms with Gasteiger partial charge in [0.25, 0.3) is 0 Å². The lowest BCUT2D eigenvalue weighted by Gasteiger charge is -2.43. The van der Waals surface area contributed by atoms with Crippen molar-refractivity contribution in [2.24, 2.45) is 0 Å². The van der Waals surface area contributed by atoms with E-state index in [9.17, 15) is 0 Å². The van der Waals surface area contributed by atoms with Crippen LogP contribution in [-0.2, 0) is 0 Å². The van der Waals surface area contributed by atoms with E-state index in [1.807, 2.05) is 0 Å². The van der Waals surface area contributed by atoms with Crippen LogP contribution in [0.25, 0.3) is 0 Å². The van der Waals surface area contributed by atoms with E-state index < -0.39 is 0 Å². The minimum absolute atomic E-state index is 0.771. The van der Waals surface area contributed by atoms with Crippen LogP contribution in [0, 0.1) is 0 Å². The van der Waals surface area contributed by atoms with Crippen molar-refractivity contribution in [3.8, 4) is 0 Å². The van der Waals surface area contributed by atoms with E-state index in [-0.39, 0.29) is 0 Å². The zero-order chi connectivity index (χ0) is 9.19. The van der Waals surface area contributed by atoms with Gasteiger partial charge in [-0.25, -0.2) is 0 Å². The molecule has 0 aromatic rings. The number of quaternary nitrogens is 1. The van der Waals surface area contributed by atoms with Crippen LogP contribution in [0.1, 0.15) is 46.0 Å². The number of nitrogens with zero attached hydrogens (tertiary/aromatic N) is 1. The van der Waals surface area contributed by atoms with Gasteiger partial charge < -0.3 is 4.48 Å². The van der Waals surface area contributed by atoms with Gasteiger partial charge in [0.1, 0.15) is 0 Å². The van der Waals surface area contributed by atoms with Gasteiger partial charge in [0.05, 0.1) is 26.2 Å². The Morgan fingerprint density at radius 1 is 1.00 bits per heavy atom. The highest BCUT2D eigenvalue weighted by Gasteiger charge is 2.31. The molecule has 0 N–H and O–H groups in total. The molecule has 1 rings (SSSR count). The second-order valence-electron chi connectivity index (χ2n) is 5.01. The molecule has 0 bridgehead atoms. The third kappa shape index (κ3) is 2.01. The summed E-state index contributed by atoms with van der Waals surface area (Å²) in [4.78, 5) is 0. The first-order chi connectivity index (χ1) is 5.55. The topological polar surface area (TPSA) is 0 Å². The molecule has 0 amide bonds. The van der Waals surface area contributed by atoms with Gasteiger partial charge in [0.2, 0.25) is 0 Å². The van der Waals surface area contributed by atoms with Crippen LogP contribution >= 0.6 is 0 Å². The Balaban J connectivity index is 2.53. The first-order valence-electron chi connectivity index (χ1n) is 5.38. The number of rotatable bonds is 2. The van der Waals surface area contributed by atoms with Crippen molar-refractivity contribution in [2.75, 3.05) is 14.1 Å². The molecule has 0 spiro atoms. The zero-order valence-corrected chi connectivity index (χ0v) is 9.14. The standard InChI is InChI=1S/C11H24N/c1-10(2)12(3,4)11-8-6-5-7-9-11/h10-11H,5-9H2,1-4H3/q+1. The molecule has 1 saturated carbocycles. The van der Waals surface area contributed by atoms with E-state index in [4.69, 9.17) is 0 Å². The summed E-state index contributed by atoms with van der Waals surface area (Å²) in [6.45, 7) is 4.68. The van der Waals surface area contributed by atoms with Gasteiger partial charge in [-0.3, -0.25) is 0 Å².